The number of aryl methyl sites for hydroxylation is 2. The van der Waals surface area contributed by atoms with E-state index in [1.165, 1.54) is 4.31 Å². The first-order valence-electron chi connectivity index (χ1n) is 6.59. The summed E-state index contributed by atoms with van der Waals surface area (Å²) in [5, 5.41) is 0. The lowest BCUT2D eigenvalue weighted by Gasteiger charge is -2.17. The Balaban J connectivity index is 2.18. The fourth-order valence-corrected chi connectivity index (χ4v) is 3.38. The quantitative estimate of drug-likeness (QED) is 0.766. The Labute approximate surface area is 130 Å². The lowest BCUT2D eigenvalue weighted by molar-refractivity contribution is 0.459. The second-order valence-electron chi connectivity index (χ2n) is 4.85. The van der Waals surface area contributed by atoms with E-state index in [1.807, 2.05) is 6.92 Å². The summed E-state index contributed by atoms with van der Waals surface area (Å²) in [7, 11) is -1.94. The normalized spacial score (nSPS) is 12.0. The van der Waals surface area contributed by atoms with E-state index in [1.54, 1.807) is 43.6 Å². The molecule has 0 amide bonds. The molecule has 21 heavy (non-hydrogen) atoms. The molecule has 0 aliphatic heterocycles. The average molecular weight is 328 g/mol. The van der Waals surface area contributed by atoms with Gasteiger partial charge in [0.05, 0.1) is 11.2 Å². The number of nitrogens with zero attached hydrogens (tertiary/aromatic N) is 1. The molecule has 1 aromatic carbocycles. The van der Waals surface area contributed by atoms with E-state index in [4.69, 9.17) is 16.0 Å². The minimum absolute atomic E-state index is 0.282. The third kappa shape index (κ3) is 3.67. The molecular weight excluding hydrogens is 310 g/mol. The molecular formula is C15H18ClNO3S. The fourth-order valence-electron chi connectivity index (χ4n) is 2.02. The van der Waals surface area contributed by atoms with Gasteiger partial charge in [-0.15, -0.1) is 11.6 Å². The summed E-state index contributed by atoms with van der Waals surface area (Å²) in [4.78, 5) is 0.282. The maximum absolute atomic E-state index is 12.5. The van der Waals surface area contributed by atoms with Crippen molar-refractivity contribution in [3.05, 3.63) is 53.5 Å². The van der Waals surface area contributed by atoms with Crippen LogP contribution in [-0.2, 0) is 23.0 Å². The van der Waals surface area contributed by atoms with Crippen LogP contribution in [0.25, 0.3) is 0 Å². The van der Waals surface area contributed by atoms with Crippen molar-refractivity contribution in [2.45, 2.75) is 24.8 Å². The van der Waals surface area contributed by atoms with Crippen LogP contribution in [0.4, 0.5) is 0 Å². The molecule has 2 aromatic rings. The van der Waals surface area contributed by atoms with Crippen molar-refractivity contribution >= 4 is 21.6 Å². The first kappa shape index (κ1) is 16.1. The van der Waals surface area contributed by atoms with Crippen LogP contribution in [0.5, 0.6) is 0 Å². The zero-order valence-corrected chi connectivity index (χ0v) is 13.6. The van der Waals surface area contributed by atoms with Crippen LogP contribution in [0.2, 0.25) is 0 Å². The van der Waals surface area contributed by atoms with Gasteiger partial charge in [0.25, 0.3) is 0 Å². The number of hydrogen-bond donors (Lipinski definition) is 0. The first-order valence-corrected chi connectivity index (χ1v) is 8.57. The van der Waals surface area contributed by atoms with Gasteiger partial charge in [-0.2, -0.15) is 4.31 Å². The van der Waals surface area contributed by atoms with Crippen molar-refractivity contribution in [1.29, 1.82) is 0 Å². The average Bonchev–Trinajstić information content (AvgIpc) is 2.85. The van der Waals surface area contributed by atoms with Crippen LogP contribution in [0.15, 0.2) is 45.9 Å². The third-order valence-corrected chi connectivity index (χ3v) is 5.38. The highest BCUT2D eigenvalue weighted by Gasteiger charge is 2.21. The van der Waals surface area contributed by atoms with Crippen molar-refractivity contribution < 1.29 is 12.8 Å². The van der Waals surface area contributed by atoms with Crippen molar-refractivity contribution in [3.8, 4) is 0 Å². The van der Waals surface area contributed by atoms with Crippen LogP contribution in [0.1, 0.15) is 16.9 Å². The molecule has 0 N–H and O–H groups in total. The van der Waals surface area contributed by atoms with Gasteiger partial charge < -0.3 is 4.42 Å². The van der Waals surface area contributed by atoms with Gasteiger partial charge in [0.2, 0.25) is 10.0 Å². The molecule has 0 saturated heterocycles. The van der Waals surface area contributed by atoms with Gasteiger partial charge in [0, 0.05) is 25.0 Å². The standard InChI is InChI=1S/C15H18ClNO3S/c1-12-14(8-10-20-12)11-17(2)21(18,19)15-5-3-13(4-6-15)7-9-16/h3-6,8,10H,7,9,11H2,1-2H3. The summed E-state index contributed by atoms with van der Waals surface area (Å²) in [5.74, 6) is 1.25. The Morgan fingerprint density at radius 3 is 2.38 bits per heavy atom. The number of furan rings is 1. The van der Waals surface area contributed by atoms with Gasteiger partial charge in [-0.3, -0.25) is 0 Å². The number of rotatable bonds is 6. The van der Waals surface area contributed by atoms with E-state index in [-0.39, 0.29) is 11.4 Å². The zero-order valence-electron chi connectivity index (χ0n) is 12.0. The van der Waals surface area contributed by atoms with Gasteiger partial charge in [-0.1, -0.05) is 12.1 Å². The summed E-state index contributed by atoms with van der Waals surface area (Å²) in [5.41, 5.74) is 1.89. The monoisotopic (exact) mass is 327 g/mol. The molecule has 0 aliphatic rings. The lowest BCUT2D eigenvalue weighted by atomic mass is 10.2. The van der Waals surface area contributed by atoms with Crippen molar-refractivity contribution in [2.75, 3.05) is 12.9 Å². The highest BCUT2D eigenvalue weighted by Crippen LogP contribution is 2.19. The smallest absolute Gasteiger partial charge is 0.243 e. The maximum atomic E-state index is 12.5. The topological polar surface area (TPSA) is 50.5 Å². The van der Waals surface area contributed by atoms with Gasteiger partial charge in [0.15, 0.2) is 0 Å². The molecule has 6 heteroatoms. The molecule has 0 fully saturated rings. The Morgan fingerprint density at radius 1 is 1.19 bits per heavy atom. The van der Waals surface area contributed by atoms with Crippen LogP contribution < -0.4 is 0 Å². The summed E-state index contributed by atoms with van der Waals surface area (Å²) >= 11 is 5.68. The molecule has 0 saturated carbocycles. The number of halogens is 1. The molecule has 0 bridgehead atoms. The summed E-state index contributed by atoms with van der Waals surface area (Å²) in [6.07, 6.45) is 2.29. The molecule has 1 aromatic heterocycles. The minimum Gasteiger partial charge on any atom is -0.469 e. The maximum Gasteiger partial charge on any atom is 0.243 e. The highest BCUT2D eigenvalue weighted by molar-refractivity contribution is 7.89. The van der Waals surface area contributed by atoms with E-state index in [9.17, 15) is 8.42 Å². The lowest BCUT2D eigenvalue weighted by Crippen LogP contribution is -2.26. The Hall–Kier alpha value is -1.30. The predicted molar refractivity (Wildman–Crippen MR) is 83.0 cm³/mol. The molecule has 0 unspecified atom stereocenters. The van der Waals surface area contributed by atoms with Crippen LogP contribution in [0.3, 0.4) is 0 Å². The summed E-state index contributed by atoms with van der Waals surface area (Å²) in [6, 6.07) is 8.62. The molecule has 0 radical (unpaired) electrons. The molecule has 0 aliphatic carbocycles. The zero-order chi connectivity index (χ0) is 15.5. The molecule has 2 rings (SSSR count). The minimum atomic E-state index is -3.50. The third-order valence-electron chi connectivity index (χ3n) is 3.37. The van der Waals surface area contributed by atoms with Gasteiger partial charge in [0.1, 0.15) is 5.76 Å². The Morgan fingerprint density at radius 2 is 1.86 bits per heavy atom. The number of benzene rings is 1. The van der Waals surface area contributed by atoms with E-state index in [2.05, 4.69) is 0 Å². The molecule has 0 spiro atoms. The summed E-state index contributed by atoms with van der Waals surface area (Å²) in [6.45, 7) is 2.10. The Bertz CT molecular complexity index is 692. The second kappa shape index (κ2) is 6.64. The van der Waals surface area contributed by atoms with E-state index in [0.29, 0.717) is 5.88 Å². The van der Waals surface area contributed by atoms with Crippen LogP contribution in [-0.4, -0.2) is 25.7 Å². The number of sulfonamides is 1. The Kier molecular flexibility index (Phi) is 5.08. The second-order valence-corrected chi connectivity index (χ2v) is 7.27. The number of alkyl halides is 1. The fraction of sp³-hybridized carbons (Fsp3) is 0.333. The SMILES string of the molecule is Cc1occc1CN(C)S(=O)(=O)c1ccc(CCCl)cc1. The van der Waals surface area contributed by atoms with E-state index in [0.717, 1.165) is 23.3 Å². The molecule has 1 heterocycles. The largest absolute Gasteiger partial charge is 0.469 e. The van der Waals surface area contributed by atoms with E-state index < -0.39 is 10.0 Å². The van der Waals surface area contributed by atoms with Gasteiger partial charge >= 0.3 is 0 Å². The van der Waals surface area contributed by atoms with Crippen molar-refractivity contribution in [2.24, 2.45) is 0 Å². The molecule has 4 nitrogen and oxygen atoms in total. The van der Waals surface area contributed by atoms with Gasteiger partial charge in [-0.05, 0) is 37.1 Å². The first-order chi connectivity index (χ1) is 9.95. The van der Waals surface area contributed by atoms with Crippen LogP contribution in [0, 0.1) is 6.92 Å². The van der Waals surface area contributed by atoms with Crippen molar-refractivity contribution in [3.63, 3.8) is 0 Å². The predicted octanol–water partition coefficient (Wildman–Crippen LogP) is 3.19. The van der Waals surface area contributed by atoms with E-state index >= 15 is 0 Å². The van der Waals surface area contributed by atoms with Crippen molar-refractivity contribution in [1.82, 2.24) is 4.31 Å². The number of hydrogen-bond acceptors (Lipinski definition) is 3. The van der Waals surface area contributed by atoms with Gasteiger partial charge in [-0.25, -0.2) is 8.42 Å². The summed E-state index contributed by atoms with van der Waals surface area (Å²) < 4.78 is 31.5. The molecule has 0 atom stereocenters. The highest BCUT2D eigenvalue weighted by atomic mass is 35.5. The van der Waals surface area contributed by atoms with Crippen LogP contribution >= 0.6 is 11.6 Å². The molecule has 114 valence electrons.